The largest absolute Gasteiger partial charge is 0.507 e. The van der Waals surface area contributed by atoms with Gasteiger partial charge in [0.2, 0.25) is 17.3 Å². The first-order valence-electron chi connectivity index (χ1n) is 14.6. The van der Waals surface area contributed by atoms with E-state index in [2.05, 4.69) is 5.32 Å². The number of ketones is 2. The first kappa shape index (κ1) is 33.9. The number of thioether (sulfide) groups is 1. The highest BCUT2D eigenvalue weighted by Gasteiger charge is 2.61. The third kappa shape index (κ3) is 5.61. The molecule has 1 unspecified atom stereocenters. The van der Waals surface area contributed by atoms with Crippen molar-refractivity contribution < 1.29 is 33.7 Å². The summed E-state index contributed by atoms with van der Waals surface area (Å²) in [4.78, 5) is 67.1. The predicted molar refractivity (Wildman–Crippen MR) is 175 cm³/mol. The fourth-order valence-corrected chi connectivity index (χ4v) is 6.83. The van der Waals surface area contributed by atoms with Crippen LogP contribution in [0.25, 0.3) is 0 Å². The SMILES string of the molecule is COc1cc(OC)c2c(c1Cl)O[C@]1(C2=O)C(O)=C(C(CC(=O)NCc2cc(=O)n(C)c(=O)n2C)c2ccc(SC)cc2)C(=O)C[C@H]1C. The van der Waals surface area contributed by atoms with Crippen molar-refractivity contribution in [1.29, 1.82) is 0 Å². The number of aliphatic hydroxyl groups excluding tert-OH is 1. The van der Waals surface area contributed by atoms with Crippen LogP contribution in [0.4, 0.5) is 0 Å². The van der Waals surface area contributed by atoms with Crippen LogP contribution >= 0.6 is 23.4 Å². The Labute approximate surface area is 279 Å². The number of ether oxygens (including phenoxy) is 3. The van der Waals surface area contributed by atoms with Gasteiger partial charge in [0.1, 0.15) is 22.1 Å². The number of carbonyl (C=O) groups excluding carboxylic acids is 3. The average Bonchev–Trinajstić information content (AvgIpc) is 3.38. The molecule has 2 aromatic carbocycles. The lowest BCUT2D eigenvalue weighted by Crippen LogP contribution is -2.53. The number of carbonyl (C=O) groups is 3. The number of hydrogen-bond donors (Lipinski definition) is 2. The van der Waals surface area contributed by atoms with Crippen molar-refractivity contribution >= 4 is 40.8 Å². The average molecular weight is 684 g/mol. The number of rotatable bonds is 9. The third-order valence-electron chi connectivity index (χ3n) is 8.86. The number of aliphatic hydroxyl groups is 1. The van der Waals surface area contributed by atoms with Gasteiger partial charge in [0.05, 0.1) is 20.8 Å². The smallest absolute Gasteiger partial charge is 0.330 e. The van der Waals surface area contributed by atoms with Crippen molar-refractivity contribution in [1.82, 2.24) is 14.5 Å². The van der Waals surface area contributed by atoms with Crippen molar-refractivity contribution in [2.45, 2.75) is 42.7 Å². The number of nitrogens with zero attached hydrogens (tertiary/aromatic N) is 2. The van der Waals surface area contributed by atoms with Gasteiger partial charge in [0.25, 0.3) is 5.56 Å². The van der Waals surface area contributed by atoms with Crippen LogP contribution in [0.1, 0.15) is 47.3 Å². The number of benzene rings is 2. The molecule has 5 rings (SSSR count). The standard InChI is InChI=1S/C33H34ClN3O9S/c1-16-11-21(38)26(30(41)33(16)31(42)27-22(44-4)14-23(45-5)28(34)29(27)46-33)20(17-7-9-19(47-6)10-8-17)13-24(39)35-15-18-12-25(40)37(3)32(43)36(18)2/h7-10,12,14,16,20,41H,11,13,15H2,1-6H3,(H,35,39)/t16-,20?,33+/m1/s1. The van der Waals surface area contributed by atoms with E-state index >= 15 is 0 Å². The van der Waals surface area contributed by atoms with Gasteiger partial charge in [-0.05, 0) is 24.0 Å². The summed E-state index contributed by atoms with van der Waals surface area (Å²) in [6.45, 7) is 1.48. The molecule has 1 aliphatic heterocycles. The molecule has 0 bridgehead atoms. The van der Waals surface area contributed by atoms with Crippen LogP contribution in [0.5, 0.6) is 17.2 Å². The molecule has 248 valence electrons. The second kappa shape index (κ2) is 13.0. The van der Waals surface area contributed by atoms with Gasteiger partial charge in [0, 0.05) is 67.1 Å². The lowest BCUT2D eigenvalue weighted by atomic mass is 9.69. The molecule has 1 amide bonds. The number of halogens is 1. The zero-order valence-corrected chi connectivity index (χ0v) is 28.2. The molecular formula is C33H34ClN3O9S. The lowest BCUT2D eigenvalue weighted by Gasteiger charge is -2.38. The second-order valence-electron chi connectivity index (χ2n) is 11.4. The van der Waals surface area contributed by atoms with Gasteiger partial charge in [-0.25, -0.2) is 4.79 Å². The van der Waals surface area contributed by atoms with E-state index < -0.39 is 51.9 Å². The number of aromatic nitrogens is 2. The van der Waals surface area contributed by atoms with E-state index in [0.29, 0.717) is 5.56 Å². The van der Waals surface area contributed by atoms with Crippen LogP contribution < -0.4 is 30.8 Å². The molecule has 14 heteroatoms. The Bertz CT molecular complexity index is 1950. The van der Waals surface area contributed by atoms with E-state index in [1.807, 2.05) is 18.4 Å². The number of amides is 1. The molecule has 2 N–H and O–H groups in total. The highest BCUT2D eigenvalue weighted by molar-refractivity contribution is 7.98. The summed E-state index contributed by atoms with van der Waals surface area (Å²) in [6, 6.07) is 9.86. The third-order valence-corrected chi connectivity index (χ3v) is 9.96. The molecule has 3 aromatic rings. The van der Waals surface area contributed by atoms with E-state index in [1.54, 1.807) is 19.1 Å². The van der Waals surface area contributed by atoms with E-state index in [0.717, 1.165) is 9.46 Å². The Balaban J connectivity index is 1.59. The summed E-state index contributed by atoms with van der Waals surface area (Å²) >= 11 is 8.08. The fraction of sp³-hybridized carbons (Fsp3) is 0.364. The minimum atomic E-state index is -2.02. The minimum Gasteiger partial charge on any atom is -0.507 e. The molecule has 0 radical (unpaired) electrons. The Morgan fingerprint density at radius 2 is 1.77 bits per heavy atom. The van der Waals surface area contributed by atoms with Crippen molar-refractivity contribution in [3.05, 3.63) is 90.4 Å². The molecule has 0 saturated carbocycles. The van der Waals surface area contributed by atoms with Crippen LogP contribution in [0.3, 0.4) is 0 Å². The molecule has 0 fully saturated rings. The van der Waals surface area contributed by atoms with Crippen molar-refractivity contribution in [2.75, 3.05) is 20.5 Å². The number of allylic oxidation sites excluding steroid dienone is 1. The maximum atomic E-state index is 14.3. The first-order chi connectivity index (χ1) is 22.3. The molecule has 12 nitrogen and oxygen atoms in total. The number of hydrogen-bond acceptors (Lipinski definition) is 10. The van der Waals surface area contributed by atoms with E-state index in [4.69, 9.17) is 25.8 Å². The molecule has 2 aliphatic rings. The molecule has 3 atom stereocenters. The van der Waals surface area contributed by atoms with Gasteiger partial charge < -0.3 is 24.6 Å². The van der Waals surface area contributed by atoms with Crippen molar-refractivity contribution in [3.8, 4) is 17.2 Å². The van der Waals surface area contributed by atoms with E-state index in [1.165, 1.54) is 56.8 Å². The number of nitrogens with one attached hydrogen (secondary N) is 1. The summed E-state index contributed by atoms with van der Waals surface area (Å²) in [5, 5.41) is 14.8. The van der Waals surface area contributed by atoms with Gasteiger partial charge in [-0.2, -0.15) is 0 Å². The Morgan fingerprint density at radius 1 is 1.11 bits per heavy atom. The fourth-order valence-electron chi connectivity index (χ4n) is 6.16. The van der Waals surface area contributed by atoms with Gasteiger partial charge >= 0.3 is 5.69 Å². The minimum absolute atomic E-state index is 0.000648. The van der Waals surface area contributed by atoms with Gasteiger partial charge in [0.15, 0.2) is 17.3 Å². The van der Waals surface area contributed by atoms with Gasteiger partial charge in [-0.3, -0.25) is 28.3 Å². The molecular weight excluding hydrogens is 650 g/mol. The van der Waals surface area contributed by atoms with Crippen LogP contribution in [-0.2, 0) is 30.2 Å². The lowest BCUT2D eigenvalue weighted by molar-refractivity contribution is -0.122. The molecule has 1 aromatic heterocycles. The Morgan fingerprint density at radius 3 is 2.38 bits per heavy atom. The zero-order valence-electron chi connectivity index (χ0n) is 26.6. The molecule has 1 spiro atoms. The summed E-state index contributed by atoms with van der Waals surface area (Å²) in [6.07, 6.45) is 1.42. The van der Waals surface area contributed by atoms with Gasteiger partial charge in [-0.1, -0.05) is 30.7 Å². The van der Waals surface area contributed by atoms with Gasteiger partial charge in [-0.15, -0.1) is 11.8 Å². The molecule has 1 aliphatic carbocycles. The summed E-state index contributed by atoms with van der Waals surface area (Å²) in [5.74, 6) is -3.79. The predicted octanol–water partition coefficient (Wildman–Crippen LogP) is 3.70. The monoisotopic (exact) mass is 683 g/mol. The summed E-state index contributed by atoms with van der Waals surface area (Å²) in [5.41, 5.74) is -2.41. The highest BCUT2D eigenvalue weighted by atomic mass is 35.5. The number of fused-ring (bicyclic) bond motifs is 1. The maximum Gasteiger partial charge on any atom is 0.330 e. The molecule has 47 heavy (non-hydrogen) atoms. The van der Waals surface area contributed by atoms with Crippen LogP contribution in [0.2, 0.25) is 5.02 Å². The zero-order chi connectivity index (χ0) is 34.4. The van der Waals surface area contributed by atoms with E-state index in [-0.39, 0.29) is 58.5 Å². The van der Waals surface area contributed by atoms with Crippen LogP contribution in [-0.4, -0.2) is 57.8 Å². The van der Waals surface area contributed by atoms with Crippen LogP contribution in [0, 0.1) is 5.92 Å². The number of methoxy groups -OCH3 is 2. The first-order valence-corrected chi connectivity index (χ1v) is 16.2. The maximum absolute atomic E-state index is 14.3. The van der Waals surface area contributed by atoms with Crippen molar-refractivity contribution in [3.63, 3.8) is 0 Å². The normalized spacial score (nSPS) is 19.4. The summed E-state index contributed by atoms with van der Waals surface area (Å²) in [7, 11) is 5.60. The second-order valence-corrected chi connectivity index (χ2v) is 12.7. The van der Waals surface area contributed by atoms with Crippen LogP contribution in [0.15, 0.2) is 62.2 Å². The quantitative estimate of drug-likeness (QED) is 0.319. The highest BCUT2D eigenvalue weighted by Crippen LogP contribution is 2.55. The Kier molecular flexibility index (Phi) is 9.33. The van der Waals surface area contributed by atoms with Crippen molar-refractivity contribution in [2.24, 2.45) is 20.0 Å². The topological polar surface area (TPSA) is 155 Å². The number of Topliss-reactive ketones (excluding diaryl/α,β-unsaturated/α-hetero) is 2. The molecule has 2 heterocycles. The van der Waals surface area contributed by atoms with E-state index in [9.17, 15) is 29.1 Å². The molecule has 0 saturated heterocycles. The Hall–Kier alpha value is -4.49. The summed E-state index contributed by atoms with van der Waals surface area (Å²) < 4.78 is 19.3.